The first-order chi connectivity index (χ1) is 6.40. The van der Waals surface area contributed by atoms with Crippen molar-refractivity contribution in [3.63, 3.8) is 0 Å². The Bertz CT molecular complexity index is 399. The van der Waals surface area contributed by atoms with E-state index >= 15 is 0 Å². The van der Waals surface area contributed by atoms with Crippen molar-refractivity contribution in [2.24, 2.45) is 0 Å². The van der Waals surface area contributed by atoms with E-state index in [2.05, 4.69) is 16.5 Å². The van der Waals surface area contributed by atoms with E-state index in [0.717, 1.165) is 29.0 Å². The maximum Gasteiger partial charge on any atom is 0.120 e. The van der Waals surface area contributed by atoms with Crippen LogP contribution in [0.2, 0.25) is 0 Å². The van der Waals surface area contributed by atoms with E-state index in [4.69, 9.17) is 4.74 Å². The highest BCUT2D eigenvalue weighted by atomic mass is 32.1. The Labute approximate surface area is 80.5 Å². The van der Waals surface area contributed by atoms with Gasteiger partial charge in [0, 0.05) is 6.07 Å². The van der Waals surface area contributed by atoms with Crippen LogP contribution in [0.15, 0.2) is 18.2 Å². The summed E-state index contributed by atoms with van der Waals surface area (Å²) < 4.78 is 10.4. The van der Waals surface area contributed by atoms with E-state index in [1.807, 2.05) is 18.2 Å². The zero-order chi connectivity index (χ0) is 9.10. The van der Waals surface area contributed by atoms with Crippen molar-refractivity contribution >= 4 is 21.7 Å². The molecule has 1 aromatic carbocycles. The molecule has 0 aliphatic heterocycles. The van der Waals surface area contributed by atoms with Gasteiger partial charge in [0.15, 0.2) is 0 Å². The molecule has 0 radical (unpaired) electrons. The molecular formula is C9H10N2OS. The van der Waals surface area contributed by atoms with Gasteiger partial charge in [0.05, 0.1) is 11.3 Å². The predicted octanol–water partition coefficient (Wildman–Crippen LogP) is 2.48. The van der Waals surface area contributed by atoms with Gasteiger partial charge < -0.3 is 4.74 Å². The Morgan fingerprint density at radius 1 is 1.46 bits per heavy atom. The third-order valence-electron chi connectivity index (χ3n) is 1.69. The topological polar surface area (TPSA) is 35.0 Å². The van der Waals surface area contributed by atoms with Crippen LogP contribution in [0.4, 0.5) is 0 Å². The molecule has 68 valence electrons. The van der Waals surface area contributed by atoms with Crippen LogP contribution in [-0.2, 0) is 0 Å². The lowest BCUT2D eigenvalue weighted by molar-refractivity contribution is 0.318. The third-order valence-corrected chi connectivity index (χ3v) is 2.38. The van der Waals surface area contributed by atoms with Crippen LogP contribution < -0.4 is 4.74 Å². The molecule has 1 aromatic heterocycles. The molecule has 0 saturated carbocycles. The minimum absolute atomic E-state index is 0.762. The third kappa shape index (κ3) is 1.78. The molecule has 0 fully saturated rings. The van der Waals surface area contributed by atoms with E-state index in [-0.39, 0.29) is 0 Å². The minimum atomic E-state index is 0.762. The summed E-state index contributed by atoms with van der Waals surface area (Å²) in [6.45, 7) is 2.85. The normalized spacial score (nSPS) is 10.5. The standard InChI is InChI=1S/C9H10N2OS/c1-2-5-12-7-3-4-8-9(6-7)13-11-10-8/h3-4,6H,2,5H2,1H3. The van der Waals surface area contributed by atoms with Gasteiger partial charge in [0.25, 0.3) is 0 Å². The quantitative estimate of drug-likeness (QED) is 0.753. The Morgan fingerprint density at radius 3 is 3.23 bits per heavy atom. The van der Waals surface area contributed by atoms with Crippen LogP contribution in [-0.4, -0.2) is 16.2 Å². The van der Waals surface area contributed by atoms with Gasteiger partial charge in [-0.3, -0.25) is 0 Å². The van der Waals surface area contributed by atoms with Gasteiger partial charge in [-0.15, -0.1) is 5.10 Å². The predicted molar refractivity (Wildman–Crippen MR) is 53.2 cm³/mol. The summed E-state index contributed by atoms with van der Waals surface area (Å²) in [4.78, 5) is 0. The summed E-state index contributed by atoms with van der Waals surface area (Å²) in [7, 11) is 0. The lowest BCUT2D eigenvalue weighted by Gasteiger charge is -2.02. The molecule has 0 spiro atoms. The molecule has 4 heteroatoms. The maximum atomic E-state index is 5.48. The summed E-state index contributed by atoms with van der Waals surface area (Å²) in [6, 6.07) is 5.85. The number of hydrogen-bond acceptors (Lipinski definition) is 4. The first-order valence-corrected chi connectivity index (χ1v) is 5.02. The number of benzene rings is 1. The van der Waals surface area contributed by atoms with Crippen LogP contribution in [0.3, 0.4) is 0 Å². The smallest absolute Gasteiger partial charge is 0.120 e. The highest BCUT2D eigenvalue weighted by Crippen LogP contribution is 2.21. The van der Waals surface area contributed by atoms with E-state index in [1.165, 1.54) is 11.5 Å². The molecule has 0 amide bonds. The maximum absolute atomic E-state index is 5.48. The van der Waals surface area contributed by atoms with Crippen molar-refractivity contribution in [1.29, 1.82) is 0 Å². The van der Waals surface area contributed by atoms with Gasteiger partial charge >= 0.3 is 0 Å². The molecular weight excluding hydrogens is 184 g/mol. The Hall–Kier alpha value is -1.16. The molecule has 0 N–H and O–H groups in total. The molecule has 0 atom stereocenters. The van der Waals surface area contributed by atoms with Crippen LogP contribution in [0.5, 0.6) is 5.75 Å². The van der Waals surface area contributed by atoms with Gasteiger partial charge in [-0.05, 0) is 30.1 Å². The number of ether oxygens (including phenoxy) is 1. The number of aromatic nitrogens is 2. The second kappa shape index (κ2) is 3.70. The highest BCUT2D eigenvalue weighted by Gasteiger charge is 1.99. The summed E-state index contributed by atoms with van der Waals surface area (Å²) in [6.07, 6.45) is 1.03. The van der Waals surface area contributed by atoms with Gasteiger partial charge in [0.1, 0.15) is 11.3 Å². The van der Waals surface area contributed by atoms with Crippen LogP contribution in [0.1, 0.15) is 13.3 Å². The zero-order valence-electron chi connectivity index (χ0n) is 7.36. The van der Waals surface area contributed by atoms with Crippen LogP contribution in [0.25, 0.3) is 10.2 Å². The average molecular weight is 194 g/mol. The molecule has 13 heavy (non-hydrogen) atoms. The van der Waals surface area contributed by atoms with E-state index in [9.17, 15) is 0 Å². The molecule has 0 unspecified atom stereocenters. The lowest BCUT2D eigenvalue weighted by Crippen LogP contribution is -1.93. The largest absolute Gasteiger partial charge is 0.494 e. The Kier molecular flexibility index (Phi) is 2.40. The number of rotatable bonds is 3. The fourth-order valence-corrected chi connectivity index (χ4v) is 1.66. The van der Waals surface area contributed by atoms with Crippen molar-refractivity contribution in [2.45, 2.75) is 13.3 Å². The SMILES string of the molecule is CCCOc1ccc2nnsc2c1. The van der Waals surface area contributed by atoms with E-state index in [1.54, 1.807) is 0 Å². The van der Waals surface area contributed by atoms with Crippen molar-refractivity contribution in [1.82, 2.24) is 9.59 Å². The molecule has 3 nitrogen and oxygen atoms in total. The van der Waals surface area contributed by atoms with Gasteiger partial charge in [-0.1, -0.05) is 11.4 Å². The summed E-state index contributed by atoms with van der Waals surface area (Å²) in [5.41, 5.74) is 0.939. The van der Waals surface area contributed by atoms with Crippen LogP contribution in [0, 0.1) is 0 Å². The first kappa shape index (κ1) is 8.44. The second-order valence-electron chi connectivity index (χ2n) is 2.75. The zero-order valence-corrected chi connectivity index (χ0v) is 8.17. The molecule has 2 rings (SSSR count). The number of hydrogen-bond donors (Lipinski definition) is 0. The molecule has 0 bridgehead atoms. The summed E-state index contributed by atoms with van der Waals surface area (Å²) in [5, 5.41) is 3.95. The van der Waals surface area contributed by atoms with E-state index < -0.39 is 0 Å². The Balaban J connectivity index is 2.26. The van der Waals surface area contributed by atoms with Crippen molar-refractivity contribution in [3.05, 3.63) is 18.2 Å². The summed E-state index contributed by atoms with van der Waals surface area (Å²) in [5.74, 6) is 0.903. The lowest BCUT2D eigenvalue weighted by atomic mass is 10.3. The van der Waals surface area contributed by atoms with Crippen molar-refractivity contribution in [2.75, 3.05) is 6.61 Å². The molecule has 0 saturated heterocycles. The van der Waals surface area contributed by atoms with Crippen molar-refractivity contribution < 1.29 is 4.74 Å². The van der Waals surface area contributed by atoms with Crippen molar-refractivity contribution in [3.8, 4) is 5.75 Å². The fourth-order valence-electron chi connectivity index (χ4n) is 1.07. The molecule has 1 heterocycles. The molecule has 0 aliphatic rings. The Morgan fingerprint density at radius 2 is 2.38 bits per heavy atom. The second-order valence-corrected chi connectivity index (χ2v) is 3.54. The first-order valence-electron chi connectivity index (χ1n) is 4.25. The van der Waals surface area contributed by atoms with Gasteiger partial charge in [-0.25, -0.2) is 0 Å². The van der Waals surface area contributed by atoms with Gasteiger partial charge in [0.2, 0.25) is 0 Å². The highest BCUT2D eigenvalue weighted by molar-refractivity contribution is 7.12. The van der Waals surface area contributed by atoms with Gasteiger partial charge in [-0.2, -0.15) is 0 Å². The van der Waals surface area contributed by atoms with Crippen LogP contribution >= 0.6 is 11.5 Å². The summed E-state index contributed by atoms with van der Waals surface area (Å²) >= 11 is 1.39. The minimum Gasteiger partial charge on any atom is -0.494 e. The molecule has 2 aromatic rings. The average Bonchev–Trinajstić information content (AvgIpc) is 2.61. The van der Waals surface area contributed by atoms with E-state index in [0.29, 0.717) is 0 Å². The number of nitrogens with zero attached hydrogens (tertiary/aromatic N) is 2. The monoisotopic (exact) mass is 194 g/mol. The number of fused-ring (bicyclic) bond motifs is 1. The molecule has 0 aliphatic carbocycles. The fraction of sp³-hybridized carbons (Fsp3) is 0.333.